The molecule has 5 nitrogen and oxygen atoms in total. The maximum Gasteiger partial charge on any atom is 0.352 e. The smallest absolute Gasteiger partial charge is 0.256 e. The third-order valence-corrected chi connectivity index (χ3v) is 0.791. The SMILES string of the molecule is NN1CC=NNC1=O. The Morgan fingerprint density at radius 2 is 2.75 bits per heavy atom. The number of carbonyl (C=O) groups excluding carboxylic acids is 1. The minimum atomic E-state index is -0.368. The van der Waals surface area contributed by atoms with Crippen molar-refractivity contribution in [2.75, 3.05) is 6.54 Å². The molecule has 44 valence electrons. The first-order chi connectivity index (χ1) is 3.80. The lowest BCUT2D eigenvalue weighted by Gasteiger charge is -2.15. The van der Waals surface area contributed by atoms with Crippen LogP contribution in [0, 0.1) is 0 Å². The van der Waals surface area contributed by atoms with Crippen LogP contribution in [-0.4, -0.2) is 23.8 Å². The Hall–Kier alpha value is -1.10. The summed E-state index contributed by atoms with van der Waals surface area (Å²) in [7, 11) is 0. The largest absolute Gasteiger partial charge is 0.352 e. The second-order valence-corrected chi connectivity index (χ2v) is 1.38. The standard InChI is InChI=1S/C3H6N4O/c4-7-2-1-5-6-3(7)8/h1H,2,4H2,(H,6,8). The molecule has 0 saturated heterocycles. The Kier molecular flexibility index (Phi) is 1.13. The van der Waals surface area contributed by atoms with Crippen LogP contribution in [0.1, 0.15) is 0 Å². The van der Waals surface area contributed by atoms with Crippen molar-refractivity contribution in [1.82, 2.24) is 10.4 Å². The van der Waals surface area contributed by atoms with E-state index in [0.29, 0.717) is 6.54 Å². The number of nitrogens with one attached hydrogen (secondary N) is 1. The van der Waals surface area contributed by atoms with E-state index in [1.54, 1.807) is 0 Å². The van der Waals surface area contributed by atoms with Crippen LogP contribution < -0.4 is 11.3 Å². The van der Waals surface area contributed by atoms with Gasteiger partial charge < -0.3 is 0 Å². The molecule has 0 aromatic rings. The predicted molar refractivity (Wildman–Crippen MR) is 27.9 cm³/mol. The average molecular weight is 114 g/mol. The zero-order valence-corrected chi connectivity index (χ0v) is 4.16. The molecule has 0 unspecified atom stereocenters. The highest BCUT2D eigenvalue weighted by atomic mass is 16.2. The zero-order valence-electron chi connectivity index (χ0n) is 4.16. The molecule has 2 amide bonds. The van der Waals surface area contributed by atoms with E-state index >= 15 is 0 Å². The summed E-state index contributed by atoms with van der Waals surface area (Å²) in [5, 5.41) is 4.50. The van der Waals surface area contributed by atoms with Crippen molar-refractivity contribution in [2.24, 2.45) is 10.9 Å². The summed E-state index contributed by atoms with van der Waals surface area (Å²) in [5.74, 6) is 5.11. The Morgan fingerprint density at radius 3 is 3.12 bits per heavy atom. The van der Waals surface area contributed by atoms with Crippen molar-refractivity contribution in [1.29, 1.82) is 0 Å². The van der Waals surface area contributed by atoms with Gasteiger partial charge in [-0.15, -0.1) is 0 Å². The van der Waals surface area contributed by atoms with E-state index in [9.17, 15) is 4.79 Å². The first kappa shape index (κ1) is 5.04. The quantitative estimate of drug-likeness (QED) is 0.309. The van der Waals surface area contributed by atoms with Crippen LogP contribution in [0.2, 0.25) is 0 Å². The van der Waals surface area contributed by atoms with E-state index in [0.717, 1.165) is 5.01 Å². The van der Waals surface area contributed by atoms with E-state index in [1.807, 2.05) is 0 Å². The fraction of sp³-hybridized carbons (Fsp3) is 0.333. The molecule has 8 heavy (non-hydrogen) atoms. The van der Waals surface area contributed by atoms with Crippen molar-refractivity contribution in [3.05, 3.63) is 0 Å². The minimum Gasteiger partial charge on any atom is -0.256 e. The number of hydrogen-bond donors (Lipinski definition) is 2. The maximum absolute atomic E-state index is 10.4. The molecule has 0 bridgehead atoms. The zero-order chi connectivity index (χ0) is 5.98. The summed E-state index contributed by atoms with van der Waals surface area (Å²) >= 11 is 0. The van der Waals surface area contributed by atoms with Crippen LogP contribution in [0.3, 0.4) is 0 Å². The van der Waals surface area contributed by atoms with Crippen molar-refractivity contribution in [3.8, 4) is 0 Å². The molecule has 5 heteroatoms. The molecule has 0 saturated carbocycles. The lowest BCUT2D eigenvalue weighted by Crippen LogP contribution is -2.46. The van der Waals surface area contributed by atoms with Gasteiger partial charge in [-0.05, 0) is 0 Å². The van der Waals surface area contributed by atoms with Crippen LogP contribution in [0.25, 0.3) is 0 Å². The second kappa shape index (κ2) is 1.79. The Morgan fingerprint density at radius 1 is 2.00 bits per heavy atom. The number of hydrogen-bond acceptors (Lipinski definition) is 3. The van der Waals surface area contributed by atoms with Gasteiger partial charge in [-0.3, -0.25) is 5.01 Å². The lowest BCUT2D eigenvalue weighted by molar-refractivity contribution is 0.204. The van der Waals surface area contributed by atoms with Crippen molar-refractivity contribution >= 4 is 12.2 Å². The van der Waals surface area contributed by atoms with E-state index in [1.165, 1.54) is 6.21 Å². The molecule has 0 radical (unpaired) electrons. The highest BCUT2D eigenvalue weighted by Crippen LogP contribution is 1.81. The second-order valence-electron chi connectivity index (χ2n) is 1.38. The van der Waals surface area contributed by atoms with Gasteiger partial charge in [-0.2, -0.15) is 5.10 Å². The van der Waals surface area contributed by atoms with E-state index < -0.39 is 0 Å². The molecule has 0 aromatic carbocycles. The van der Waals surface area contributed by atoms with Crippen LogP contribution in [0.5, 0.6) is 0 Å². The number of nitrogens with zero attached hydrogens (tertiary/aromatic N) is 2. The molecule has 0 aliphatic carbocycles. The van der Waals surface area contributed by atoms with E-state index in [2.05, 4.69) is 10.5 Å². The normalized spacial score (nSPS) is 18.6. The predicted octanol–water partition coefficient (Wildman–Crippen LogP) is -1.13. The number of carbonyl (C=O) groups is 1. The van der Waals surface area contributed by atoms with Crippen molar-refractivity contribution < 1.29 is 4.79 Å². The molecule has 1 heterocycles. The molecular weight excluding hydrogens is 108 g/mol. The first-order valence-electron chi connectivity index (χ1n) is 2.14. The highest BCUT2D eigenvalue weighted by Gasteiger charge is 2.08. The summed E-state index contributed by atoms with van der Waals surface area (Å²) in [4.78, 5) is 10.4. The van der Waals surface area contributed by atoms with Gasteiger partial charge in [0, 0.05) is 6.21 Å². The van der Waals surface area contributed by atoms with Gasteiger partial charge in [0.05, 0.1) is 6.54 Å². The monoisotopic (exact) mass is 114 g/mol. The van der Waals surface area contributed by atoms with E-state index in [4.69, 9.17) is 5.84 Å². The molecule has 1 aliphatic rings. The molecule has 3 N–H and O–H groups in total. The number of hydrazine groups is 1. The highest BCUT2D eigenvalue weighted by molar-refractivity contribution is 5.80. The summed E-state index contributed by atoms with van der Waals surface area (Å²) in [6, 6.07) is -0.368. The van der Waals surface area contributed by atoms with Crippen LogP contribution in [-0.2, 0) is 0 Å². The van der Waals surface area contributed by atoms with Gasteiger partial charge in [0.25, 0.3) is 0 Å². The van der Waals surface area contributed by atoms with Gasteiger partial charge in [0.1, 0.15) is 0 Å². The fourth-order valence-electron chi connectivity index (χ4n) is 0.377. The van der Waals surface area contributed by atoms with Gasteiger partial charge in [-0.1, -0.05) is 0 Å². The Balaban J connectivity index is 2.57. The number of rotatable bonds is 0. The van der Waals surface area contributed by atoms with Gasteiger partial charge in [-0.25, -0.2) is 16.1 Å². The van der Waals surface area contributed by atoms with Crippen LogP contribution in [0.4, 0.5) is 4.79 Å². The van der Waals surface area contributed by atoms with Crippen LogP contribution >= 0.6 is 0 Å². The van der Waals surface area contributed by atoms with Crippen molar-refractivity contribution in [2.45, 2.75) is 0 Å². The minimum absolute atomic E-state index is 0.368. The molecule has 0 fully saturated rings. The third kappa shape index (κ3) is 0.760. The van der Waals surface area contributed by atoms with E-state index in [-0.39, 0.29) is 6.03 Å². The topological polar surface area (TPSA) is 70.7 Å². The number of hydrazone groups is 1. The van der Waals surface area contributed by atoms with Crippen molar-refractivity contribution in [3.63, 3.8) is 0 Å². The number of urea groups is 1. The third-order valence-electron chi connectivity index (χ3n) is 0.791. The Bertz CT molecular complexity index is 131. The average Bonchev–Trinajstić information content (AvgIpc) is 1.77. The lowest BCUT2D eigenvalue weighted by atomic mass is 10.6. The molecule has 0 aromatic heterocycles. The van der Waals surface area contributed by atoms with Gasteiger partial charge in [0.15, 0.2) is 0 Å². The molecule has 1 rings (SSSR count). The molecule has 0 atom stereocenters. The number of nitrogens with two attached hydrogens (primary N) is 1. The molecule has 1 aliphatic heterocycles. The molecule has 0 spiro atoms. The summed E-state index contributed by atoms with van der Waals surface area (Å²) in [5.41, 5.74) is 2.16. The summed E-state index contributed by atoms with van der Waals surface area (Å²) in [6.07, 6.45) is 1.52. The first-order valence-corrected chi connectivity index (χ1v) is 2.14. The van der Waals surface area contributed by atoms with Gasteiger partial charge >= 0.3 is 6.03 Å². The van der Waals surface area contributed by atoms with Gasteiger partial charge in [0.2, 0.25) is 0 Å². The number of amides is 2. The van der Waals surface area contributed by atoms with Crippen LogP contribution in [0.15, 0.2) is 5.10 Å². The summed E-state index contributed by atoms with van der Waals surface area (Å²) < 4.78 is 0. The summed E-state index contributed by atoms with van der Waals surface area (Å²) in [6.45, 7) is 0.381. The Labute approximate surface area is 46.1 Å². The fourth-order valence-corrected chi connectivity index (χ4v) is 0.377. The maximum atomic E-state index is 10.4. The molecular formula is C3H6N4O.